The van der Waals surface area contributed by atoms with Gasteiger partial charge in [-0.2, -0.15) is 0 Å². The van der Waals surface area contributed by atoms with Crippen LogP contribution in [0.5, 0.6) is 5.75 Å². The molecule has 124 valence electrons. The van der Waals surface area contributed by atoms with E-state index in [1.165, 1.54) is 0 Å². The SMILES string of the molecule is CCC(=O)c1ccc(OCC(=O)NCc2cn3ccsc3n2)cc1. The summed E-state index contributed by atoms with van der Waals surface area (Å²) in [5, 5.41) is 4.73. The van der Waals surface area contributed by atoms with Crippen LogP contribution >= 0.6 is 11.3 Å². The highest BCUT2D eigenvalue weighted by molar-refractivity contribution is 7.15. The van der Waals surface area contributed by atoms with Crippen molar-refractivity contribution in [3.63, 3.8) is 0 Å². The van der Waals surface area contributed by atoms with Crippen LogP contribution in [0.3, 0.4) is 0 Å². The van der Waals surface area contributed by atoms with Crippen LogP contribution in [0, 0.1) is 0 Å². The summed E-state index contributed by atoms with van der Waals surface area (Å²) in [5.41, 5.74) is 1.45. The molecule has 3 aromatic rings. The lowest BCUT2D eigenvalue weighted by Gasteiger charge is -2.07. The van der Waals surface area contributed by atoms with Gasteiger partial charge in [0.05, 0.1) is 12.2 Å². The second-order valence-corrected chi connectivity index (χ2v) is 6.06. The molecule has 0 aliphatic rings. The van der Waals surface area contributed by atoms with E-state index < -0.39 is 0 Å². The molecule has 0 saturated heterocycles. The maximum absolute atomic E-state index is 11.8. The van der Waals surface area contributed by atoms with Gasteiger partial charge in [-0.25, -0.2) is 4.98 Å². The number of ketones is 1. The number of benzene rings is 1. The van der Waals surface area contributed by atoms with E-state index in [9.17, 15) is 9.59 Å². The topological polar surface area (TPSA) is 72.7 Å². The number of Topliss-reactive ketones (excluding diaryl/α,β-unsaturated/α-hetero) is 1. The average Bonchev–Trinajstić information content (AvgIpc) is 3.19. The lowest BCUT2D eigenvalue weighted by Crippen LogP contribution is -2.28. The zero-order valence-corrected chi connectivity index (χ0v) is 14.0. The number of nitrogens with one attached hydrogen (secondary N) is 1. The maximum Gasteiger partial charge on any atom is 0.258 e. The molecule has 2 aromatic heterocycles. The Hall–Kier alpha value is -2.67. The number of aromatic nitrogens is 2. The summed E-state index contributed by atoms with van der Waals surface area (Å²) in [7, 11) is 0. The first kappa shape index (κ1) is 16.2. The minimum absolute atomic E-state index is 0.0801. The molecule has 2 heterocycles. The van der Waals surface area contributed by atoms with Crippen molar-refractivity contribution in [2.45, 2.75) is 19.9 Å². The molecule has 1 aromatic carbocycles. The normalized spacial score (nSPS) is 10.7. The van der Waals surface area contributed by atoms with E-state index >= 15 is 0 Å². The van der Waals surface area contributed by atoms with Crippen molar-refractivity contribution in [3.05, 3.63) is 53.3 Å². The summed E-state index contributed by atoms with van der Waals surface area (Å²) < 4.78 is 7.34. The first-order valence-corrected chi connectivity index (χ1v) is 8.47. The Labute approximate surface area is 143 Å². The van der Waals surface area contributed by atoms with Crippen molar-refractivity contribution >= 4 is 28.0 Å². The molecule has 7 heteroatoms. The first-order chi connectivity index (χ1) is 11.7. The van der Waals surface area contributed by atoms with Crippen LogP contribution in [0.4, 0.5) is 0 Å². The van der Waals surface area contributed by atoms with Crippen LogP contribution in [0.2, 0.25) is 0 Å². The Balaban J connectivity index is 1.46. The van der Waals surface area contributed by atoms with Crippen LogP contribution in [-0.4, -0.2) is 27.7 Å². The summed E-state index contributed by atoms with van der Waals surface area (Å²) in [5.74, 6) is 0.416. The van der Waals surface area contributed by atoms with E-state index in [2.05, 4.69) is 10.3 Å². The molecule has 0 saturated carbocycles. The third-order valence-corrected chi connectivity index (χ3v) is 4.25. The van der Waals surface area contributed by atoms with Gasteiger partial charge in [-0.15, -0.1) is 11.3 Å². The summed E-state index contributed by atoms with van der Waals surface area (Å²) in [6, 6.07) is 6.80. The van der Waals surface area contributed by atoms with Gasteiger partial charge in [0, 0.05) is 29.8 Å². The molecule has 1 amide bonds. The molecule has 0 unspecified atom stereocenters. The number of carbonyl (C=O) groups excluding carboxylic acids is 2. The van der Waals surface area contributed by atoms with Gasteiger partial charge in [0.1, 0.15) is 5.75 Å². The molecule has 0 aliphatic heterocycles. The fraction of sp³-hybridized carbons (Fsp3) is 0.235. The van der Waals surface area contributed by atoms with Crippen molar-refractivity contribution < 1.29 is 14.3 Å². The number of carbonyl (C=O) groups is 2. The van der Waals surface area contributed by atoms with Crippen molar-refractivity contribution in [2.75, 3.05) is 6.61 Å². The van der Waals surface area contributed by atoms with Gasteiger partial charge in [0.25, 0.3) is 5.91 Å². The number of nitrogens with zero attached hydrogens (tertiary/aromatic N) is 2. The number of imidazole rings is 1. The maximum atomic E-state index is 11.8. The Morgan fingerprint density at radius 2 is 2.08 bits per heavy atom. The molecule has 0 atom stereocenters. The van der Waals surface area contributed by atoms with E-state index in [0.717, 1.165) is 10.7 Å². The summed E-state index contributed by atoms with van der Waals surface area (Å²) in [6.45, 7) is 2.10. The number of rotatable bonds is 7. The van der Waals surface area contributed by atoms with Crippen LogP contribution in [-0.2, 0) is 11.3 Å². The number of amides is 1. The van der Waals surface area contributed by atoms with E-state index in [4.69, 9.17) is 4.74 Å². The van der Waals surface area contributed by atoms with E-state index in [0.29, 0.717) is 24.3 Å². The Bertz CT molecular complexity index is 823. The predicted molar refractivity (Wildman–Crippen MR) is 91.5 cm³/mol. The van der Waals surface area contributed by atoms with Crippen LogP contribution in [0.15, 0.2) is 42.0 Å². The molecule has 0 radical (unpaired) electrons. The predicted octanol–water partition coefficient (Wildman–Crippen LogP) is 2.68. The van der Waals surface area contributed by atoms with Crippen molar-refractivity contribution in [1.82, 2.24) is 14.7 Å². The number of ether oxygens (including phenoxy) is 1. The van der Waals surface area contributed by atoms with Gasteiger partial charge < -0.3 is 10.1 Å². The lowest BCUT2D eigenvalue weighted by molar-refractivity contribution is -0.123. The third-order valence-electron chi connectivity index (χ3n) is 3.48. The third kappa shape index (κ3) is 3.80. The average molecular weight is 343 g/mol. The van der Waals surface area contributed by atoms with Crippen molar-refractivity contribution in [1.29, 1.82) is 0 Å². The smallest absolute Gasteiger partial charge is 0.258 e. The van der Waals surface area contributed by atoms with Crippen LogP contribution < -0.4 is 10.1 Å². The molecule has 3 rings (SSSR count). The molecule has 0 spiro atoms. The molecule has 24 heavy (non-hydrogen) atoms. The molecule has 0 fully saturated rings. The molecule has 1 N–H and O–H groups in total. The fourth-order valence-electron chi connectivity index (χ4n) is 2.19. The van der Waals surface area contributed by atoms with Crippen LogP contribution in [0.25, 0.3) is 4.96 Å². The second kappa shape index (κ2) is 7.27. The standard InChI is InChI=1S/C17H17N3O3S/c1-2-15(21)12-3-5-14(6-4-12)23-11-16(22)18-9-13-10-20-7-8-24-17(20)19-13/h3-8,10H,2,9,11H2,1H3,(H,18,22). The Morgan fingerprint density at radius 3 is 2.79 bits per heavy atom. The highest BCUT2D eigenvalue weighted by Crippen LogP contribution is 2.13. The fourth-order valence-corrected chi connectivity index (χ4v) is 2.91. The van der Waals surface area contributed by atoms with Gasteiger partial charge in [-0.3, -0.25) is 14.0 Å². The van der Waals surface area contributed by atoms with E-state index in [1.54, 1.807) is 35.6 Å². The Kier molecular flexibility index (Phi) is 4.90. The van der Waals surface area contributed by atoms with E-state index in [-0.39, 0.29) is 18.3 Å². The molecule has 0 bridgehead atoms. The van der Waals surface area contributed by atoms with Gasteiger partial charge in [-0.05, 0) is 24.3 Å². The highest BCUT2D eigenvalue weighted by atomic mass is 32.1. The number of fused-ring (bicyclic) bond motifs is 1. The molecular formula is C17H17N3O3S. The minimum atomic E-state index is -0.222. The van der Waals surface area contributed by atoms with Crippen molar-refractivity contribution in [2.24, 2.45) is 0 Å². The molecule has 0 aliphatic carbocycles. The monoisotopic (exact) mass is 343 g/mol. The summed E-state index contributed by atoms with van der Waals surface area (Å²) in [4.78, 5) is 28.7. The summed E-state index contributed by atoms with van der Waals surface area (Å²) >= 11 is 1.55. The van der Waals surface area contributed by atoms with Crippen molar-refractivity contribution in [3.8, 4) is 5.75 Å². The second-order valence-electron chi connectivity index (χ2n) is 5.19. The lowest BCUT2D eigenvalue weighted by atomic mass is 10.1. The van der Waals surface area contributed by atoms with Gasteiger partial charge in [0.2, 0.25) is 0 Å². The number of thiazole rings is 1. The zero-order chi connectivity index (χ0) is 16.9. The molecule has 6 nitrogen and oxygen atoms in total. The van der Waals surface area contributed by atoms with Gasteiger partial charge in [0.15, 0.2) is 17.4 Å². The first-order valence-electron chi connectivity index (χ1n) is 7.59. The summed E-state index contributed by atoms with van der Waals surface area (Å²) in [6.07, 6.45) is 4.28. The highest BCUT2D eigenvalue weighted by Gasteiger charge is 2.07. The quantitative estimate of drug-likeness (QED) is 0.670. The zero-order valence-electron chi connectivity index (χ0n) is 13.2. The molecular weight excluding hydrogens is 326 g/mol. The largest absolute Gasteiger partial charge is 0.484 e. The van der Waals surface area contributed by atoms with Crippen LogP contribution in [0.1, 0.15) is 29.4 Å². The Morgan fingerprint density at radius 1 is 1.29 bits per heavy atom. The number of hydrogen-bond acceptors (Lipinski definition) is 5. The number of hydrogen-bond donors (Lipinski definition) is 1. The van der Waals surface area contributed by atoms with Gasteiger partial charge >= 0.3 is 0 Å². The van der Waals surface area contributed by atoms with E-state index in [1.807, 2.05) is 29.1 Å². The van der Waals surface area contributed by atoms with Gasteiger partial charge in [-0.1, -0.05) is 6.92 Å². The minimum Gasteiger partial charge on any atom is -0.484 e.